The summed E-state index contributed by atoms with van der Waals surface area (Å²) in [4.78, 5) is 4.38. The summed E-state index contributed by atoms with van der Waals surface area (Å²) in [5, 5.41) is 3.39. The van der Waals surface area contributed by atoms with Crippen LogP contribution in [0.4, 0.5) is 0 Å². The van der Waals surface area contributed by atoms with E-state index in [0.717, 1.165) is 12.1 Å². The van der Waals surface area contributed by atoms with E-state index in [1.54, 1.807) is 0 Å². The molecule has 0 fully saturated rings. The zero-order valence-corrected chi connectivity index (χ0v) is 12.2. The van der Waals surface area contributed by atoms with E-state index >= 15 is 0 Å². The summed E-state index contributed by atoms with van der Waals surface area (Å²) in [5.74, 6) is 0. The number of hydrogen-bond donors (Lipinski definition) is 1. The molecular weight excluding hydrogens is 232 g/mol. The lowest BCUT2D eigenvalue weighted by molar-refractivity contribution is 0.589. The van der Waals surface area contributed by atoms with Crippen LogP contribution in [-0.4, -0.2) is 12.0 Å². The van der Waals surface area contributed by atoms with Crippen LogP contribution >= 0.6 is 0 Å². The van der Waals surface area contributed by atoms with Crippen LogP contribution in [0.15, 0.2) is 36.5 Å². The first kappa shape index (κ1) is 13.8. The predicted octanol–water partition coefficient (Wildman–Crippen LogP) is 3.51. The Balaban J connectivity index is 2.21. The van der Waals surface area contributed by atoms with Gasteiger partial charge in [-0.05, 0) is 51.4 Å². The Bertz CT molecular complexity index is 523. The van der Waals surface area contributed by atoms with Gasteiger partial charge in [-0.1, -0.05) is 35.4 Å². The third-order valence-electron chi connectivity index (χ3n) is 3.41. The molecule has 100 valence electrons. The number of pyridine rings is 1. The van der Waals surface area contributed by atoms with E-state index in [4.69, 9.17) is 0 Å². The number of aromatic nitrogens is 1. The van der Waals surface area contributed by atoms with Gasteiger partial charge in [-0.25, -0.2) is 0 Å². The molecular formula is C17H22N2. The molecule has 0 amide bonds. The molecule has 0 spiro atoms. The molecule has 1 aromatic carbocycles. The Hall–Kier alpha value is -1.67. The van der Waals surface area contributed by atoms with Gasteiger partial charge in [0.1, 0.15) is 0 Å². The third-order valence-corrected chi connectivity index (χ3v) is 3.41. The van der Waals surface area contributed by atoms with Crippen LogP contribution < -0.4 is 5.32 Å². The number of likely N-dealkylation sites (N-methyl/N-ethyl adjacent to an activating group) is 1. The van der Waals surface area contributed by atoms with Gasteiger partial charge in [-0.15, -0.1) is 0 Å². The van der Waals surface area contributed by atoms with Gasteiger partial charge in [0.2, 0.25) is 0 Å². The lowest BCUT2D eigenvalue weighted by Gasteiger charge is -2.17. The van der Waals surface area contributed by atoms with Gasteiger partial charge < -0.3 is 5.32 Å². The van der Waals surface area contributed by atoms with Crippen LogP contribution in [0.25, 0.3) is 0 Å². The van der Waals surface area contributed by atoms with E-state index in [1.165, 1.54) is 22.3 Å². The topological polar surface area (TPSA) is 24.9 Å². The number of aryl methyl sites for hydroxylation is 3. The van der Waals surface area contributed by atoms with Crippen molar-refractivity contribution in [1.82, 2.24) is 10.3 Å². The smallest absolute Gasteiger partial charge is 0.0373 e. The Morgan fingerprint density at radius 3 is 2.26 bits per heavy atom. The first-order valence-corrected chi connectivity index (χ1v) is 6.75. The highest BCUT2D eigenvalue weighted by Crippen LogP contribution is 2.19. The van der Waals surface area contributed by atoms with Crippen molar-refractivity contribution in [2.75, 3.05) is 7.05 Å². The second-order valence-electron chi connectivity index (χ2n) is 5.27. The molecule has 1 heterocycles. The highest BCUT2D eigenvalue weighted by atomic mass is 14.9. The lowest BCUT2D eigenvalue weighted by atomic mass is 9.97. The van der Waals surface area contributed by atoms with E-state index in [1.807, 2.05) is 20.2 Å². The normalized spacial score (nSPS) is 12.4. The summed E-state index contributed by atoms with van der Waals surface area (Å²) in [6.45, 7) is 6.32. The molecule has 0 aliphatic carbocycles. The molecule has 1 unspecified atom stereocenters. The van der Waals surface area contributed by atoms with Gasteiger partial charge in [0.15, 0.2) is 0 Å². The van der Waals surface area contributed by atoms with Crippen LogP contribution in [-0.2, 0) is 6.42 Å². The molecule has 0 aliphatic heterocycles. The molecule has 1 aromatic heterocycles. The summed E-state index contributed by atoms with van der Waals surface area (Å²) in [7, 11) is 2.01. The molecule has 0 saturated carbocycles. The first-order valence-electron chi connectivity index (χ1n) is 6.75. The van der Waals surface area contributed by atoms with Crippen molar-refractivity contribution in [3.63, 3.8) is 0 Å². The van der Waals surface area contributed by atoms with Crippen molar-refractivity contribution in [3.05, 3.63) is 64.5 Å². The molecule has 1 N–H and O–H groups in total. The maximum atomic E-state index is 4.38. The number of nitrogens with zero attached hydrogens (tertiary/aromatic N) is 1. The quantitative estimate of drug-likeness (QED) is 0.903. The molecule has 1 atom stereocenters. The summed E-state index contributed by atoms with van der Waals surface area (Å²) < 4.78 is 0. The van der Waals surface area contributed by atoms with Gasteiger partial charge in [-0.3, -0.25) is 4.98 Å². The van der Waals surface area contributed by atoms with Crippen molar-refractivity contribution >= 4 is 0 Å². The molecule has 19 heavy (non-hydrogen) atoms. The van der Waals surface area contributed by atoms with Gasteiger partial charge in [0.05, 0.1) is 0 Å². The average molecular weight is 254 g/mol. The van der Waals surface area contributed by atoms with Gasteiger partial charge in [-0.2, -0.15) is 0 Å². The molecule has 2 rings (SSSR count). The highest BCUT2D eigenvalue weighted by Gasteiger charge is 2.10. The predicted molar refractivity (Wildman–Crippen MR) is 80.4 cm³/mol. The second kappa shape index (κ2) is 5.98. The minimum absolute atomic E-state index is 0.314. The standard InChI is InChI=1S/C17H22N2/c1-12-7-13(2)9-15(8-12)10-17(18-4)16-6-5-14(3)19-11-16/h5-9,11,17-18H,10H2,1-4H3. The fourth-order valence-corrected chi connectivity index (χ4v) is 2.49. The van der Waals surface area contributed by atoms with Gasteiger partial charge >= 0.3 is 0 Å². The maximum absolute atomic E-state index is 4.38. The van der Waals surface area contributed by atoms with Crippen LogP contribution in [0.2, 0.25) is 0 Å². The zero-order chi connectivity index (χ0) is 13.8. The third kappa shape index (κ3) is 3.65. The van der Waals surface area contributed by atoms with Crippen LogP contribution in [0, 0.1) is 20.8 Å². The Morgan fingerprint density at radius 1 is 1.05 bits per heavy atom. The van der Waals surface area contributed by atoms with E-state index in [2.05, 4.69) is 54.5 Å². The summed E-state index contributed by atoms with van der Waals surface area (Å²) in [6.07, 6.45) is 2.96. The number of nitrogens with one attached hydrogen (secondary N) is 1. The Kier molecular flexibility index (Phi) is 4.33. The number of hydrogen-bond acceptors (Lipinski definition) is 2. The summed E-state index contributed by atoms with van der Waals surface area (Å²) in [6, 6.07) is 11.3. The minimum atomic E-state index is 0.314. The van der Waals surface area contributed by atoms with E-state index in [-0.39, 0.29) is 0 Å². The van der Waals surface area contributed by atoms with Gasteiger partial charge in [0.25, 0.3) is 0 Å². The SMILES string of the molecule is CNC(Cc1cc(C)cc(C)c1)c1ccc(C)nc1. The molecule has 0 aliphatic rings. The van der Waals surface area contributed by atoms with Crippen molar-refractivity contribution in [2.45, 2.75) is 33.2 Å². The number of rotatable bonds is 4. The highest BCUT2D eigenvalue weighted by molar-refractivity contribution is 5.30. The van der Waals surface area contributed by atoms with Crippen LogP contribution in [0.1, 0.15) is 34.0 Å². The molecule has 0 bridgehead atoms. The Labute approximate surface area is 115 Å². The fraction of sp³-hybridized carbons (Fsp3) is 0.353. The monoisotopic (exact) mass is 254 g/mol. The largest absolute Gasteiger partial charge is 0.313 e. The molecule has 0 radical (unpaired) electrons. The number of benzene rings is 1. The molecule has 2 nitrogen and oxygen atoms in total. The van der Waals surface area contributed by atoms with Crippen LogP contribution in [0.3, 0.4) is 0 Å². The first-order chi connectivity index (χ1) is 9.08. The Morgan fingerprint density at radius 2 is 1.74 bits per heavy atom. The van der Waals surface area contributed by atoms with E-state index in [0.29, 0.717) is 6.04 Å². The minimum Gasteiger partial charge on any atom is -0.313 e. The summed E-state index contributed by atoms with van der Waals surface area (Å²) >= 11 is 0. The molecule has 0 saturated heterocycles. The lowest BCUT2D eigenvalue weighted by Crippen LogP contribution is -2.19. The van der Waals surface area contributed by atoms with Crippen molar-refractivity contribution in [2.24, 2.45) is 0 Å². The van der Waals surface area contributed by atoms with E-state index < -0.39 is 0 Å². The van der Waals surface area contributed by atoms with Crippen LogP contribution in [0.5, 0.6) is 0 Å². The molecule has 2 heteroatoms. The maximum Gasteiger partial charge on any atom is 0.0373 e. The average Bonchev–Trinajstić information content (AvgIpc) is 2.36. The van der Waals surface area contributed by atoms with Crippen molar-refractivity contribution < 1.29 is 0 Å². The fourth-order valence-electron chi connectivity index (χ4n) is 2.49. The van der Waals surface area contributed by atoms with Crippen molar-refractivity contribution in [1.29, 1.82) is 0 Å². The van der Waals surface area contributed by atoms with E-state index in [9.17, 15) is 0 Å². The second-order valence-corrected chi connectivity index (χ2v) is 5.27. The zero-order valence-electron chi connectivity index (χ0n) is 12.2. The van der Waals surface area contributed by atoms with Crippen molar-refractivity contribution in [3.8, 4) is 0 Å². The van der Waals surface area contributed by atoms with Gasteiger partial charge in [0, 0.05) is 17.9 Å². The summed E-state index contributed by atoms with van der Waals surface area (Å²) in [5.41, 5.74) is 6.33. The molecule has 2 aromatic rings.